The lowest BCUT2D eigenvalue weighted by Crippen LogP contribution is -2.13. The zero-order chi connectivity index (χ0) is 13.4. The highest BCUT2D eigenvalue weighted by molar-refractivity contribution is 6.12. The zero-order valence-electron chi connectivity index (χ0n) is 13.4. The summed E-state index contributed by atoms with van der Waals surface area (Å²) in [6.45, 7) is 7.18. The van der Waals surface area contributed by atoms with Crippen molar-refractivity contribution >= 4 is 7.85 Å². The fraction of sp³-hybridized carbons (Fsp3) is 1.00. The number of hydrogen-bond donors (Lipinski definition) is 0. The third kappa shape index (κ3) is 4.98. The van der Waals surface area contributed by atoms with Gasteiger partial charge < -0.3 is 0 Å². The summed E-state index contributed by atoms with van der Waals surface area (Å²) in [5.41, 5.74) is 0. The van der Waals surface area contributed by atoms with E-state index in [4.69, 9.17) is 0 Å². The van der Waals surface area contributed by atoms with Crippen LogP contribution in [-0.4, -0.2) is 7.85 Å². The number of hydrogen-bond acceptors (Lipinski definition) is 0. The van der Waals surface area contributed by atoms with Crippen molar-refractivity contribution in [3.63, 3.8) is 0 Å². The first-order valence-corrected chi connectivity index (χ1v) is 8.70. The molecular formula is C17H35B. The van der Waals surface area contributed by atoms with Gasteiger partial charge >= 0.3 is 0 Å². The molecule has 1 heteroatoms. The van der Waals surface area contributed by atoms with Crippen LogP contribution in [0, 0.1) is 17.8 Å². The Bertz CT molecular complexity index is 202. The predicted molar refractivity (Wildman–Crippen MR) is 86.0 cm³/mol. The van der Waals surface area contributed by atoms with Crippen LogP contribution in [-0.2, 0) is 0 Å². The minimum Gasteiger partial charge on any atom is -0.0664 e. The van der Waals surface area contributed by atoms with Gasteiger partial charge in [-0.05, 0) is 17.8 Å². The van der Waals surface area contributed by atoms with Crippen molar-refractivity contribution in [3.05, 3.63) is 0 Å². The molecular weight excluding hydrogens is 215 g/mol. The lowest BCUT2D eigenvalue weighted by Gasteiger charge is -2.22. The van der Waals surface area contributed by atoms with Gasteiger partial charge in [0.15, 0.2) is 0 Å². The van der Waals surface area contributed by atoms with Crippen molar-refractivity contribution < 1.29 is 0 Å². The van der Waals surface area contributed by atoms with Gasteiger partial charge in [0.05, 0.1) is 0 Å². The van der Waals surface area contributed by atoms with Crippen LogP contribution < -0.4 is 0 Å². The van der Waals surface area contributed by atoms with Gasteiger partial charge in [0.2, 0.25) is 0 Å². The summed E-state index contributed by atoms with van der Waals surface area (Å²) in [5.74, 6) is 4.06. The standard InChI is InChI=1S/C17H35B/c1-4-6-7-8-9-10-12-16-14(3)15(11-5-2)13-17(16)18/h14-17H,4-13,18H2,1-3H3. The van der Waals surface area contributed by atoms with Crippen LogP contribution in [0.5, 0.6) is 0 Å². The molecule has 0 radical (unpaired) electrons. The summed E-state index contributed by atoms with van der Waals surface area (Å²) < 4.78 is 0. The fourth-order valence-electron chi connectivity index (χ4n) is 4.19. The molecule has 0 saturated heterocycles. The Balaban J connectivity index is 2.17. The molecule has 0 amide bonds. The van der Waals surface area contributed by atoms with E-state index in [-0.39, 0.29) is 0 Å². The van der Waals surface area contributed by atoms with Gasteiger partial charge in [0.25, 0.3) is 0 Å². The summed E-state index contributed by atoms with van der Waals surface area (Å²) in [7, 11) is 2.51. The van der Waals surface area contributed by atoms with Crippen LogP contribution in [0.1, 0.15) is 85.0 Å². The van der Waals surface area contributed by atoms with Crippen molar-refractivity contribution in [2.45, 2.75) is 90.8 Å². The number of rotatable bonds is 9. The van der Waals surface area contributed by atoms with Crippen LogP contribution in [0.4, 0.5) is 0 Å². The molecule has 0 nitrogen and oxygen atoms in total. The second-order valence-electron chi connectivity index (χ2n) is 6.84. The fourth-order valence-corrected chi connectivity index (χ4v) is 4.19. The normalized spacial score (nSPS) is 31.9. The lowest BCUT2D eigenvalue weighted by molar-refractivity contribution is 0.303. The summed E-state index contributed by atoms with van der Waals surface area (Å²) in [6.07, 6.45) is 14.6. The smallest absolute Gasteiger partial charge is 0.0664 e. The molecule has 1 saturated carbocycles. The van der Waals surface area contributed by atoms with Crippen LogP contribution in [0.2, 0.25) is 5.82 Å². The monoisotopic (exact) mass is 250 g/mol. The van der Waals surface area contributed by atoms with Gasteiger partial charge in [-0.2, -0.15) is 0 Å². The highest BCUT2D eigenvalue weighted by Gasteiger charge is 2.36. The molecule has 18 heavy (non-hydrogen) atoms. The van der Waals surface area contributed by atoms with Gasteiger partial charge in [-0.15, -0.1) is 0 Å². The third-order valence-corrected chi connectivity index (χ3v) is 5.37. The van der Waals surface area contributed by atoms with Gasteiger partial charge in [0.1, 0.15) is 7.85 Å². The quantitative estimate of drug-likeness (QED) is 0.388. The van der Waals surface area contributed by atoms with Crippen LogP contribution in [0.3, 0.4) is 0 Å². The van der Waals surface area contributed by atoms with Crippen molar-refractivity contribution in [3.8, 4) is 0 Å². The first-order valence-electron chi connectivity index (χ1n) is 8.70. The molecule has 1 aliphatic carbocycles. The molecule has 4 atom stereocenters. The van der Waals surface area contributed by atoms with Crippen LogP contribution in [0.25, 0.3) is 0 Å². The Labute approximate surface area is 117 Å². The first kappa shape index (κ1) is 16.1. The predicted octanol–water partition coefficient (Wildman–Crippen LogP) is 5.23. The van der Waals surface area contributed by atoms with E-state index >= 15 is 0 Å². The molecule has 4 unspecified atom stereocenters. The summed E-state index contributed by atoms with van der Waals surface area (Å²) in [6, 6.07) is 0. The largest absolute Gasteiger partial charge is 0.105 e. The molecule has 0 aromatic carbocycles. The van der Waals surface area contributed by atoms with E-state index in [0.717, 1.165) is 23.6 Å². The maximum Gasteiger partial charge on any atom is 0.105 e. The SMILES string of the molecule is BC1CC(CCC)C(C)C1CCCCCCCC. The van der Waals surface area contributed by atoms with E-state index in [1.54, 1.807) is 0 Å². The highest BCUT2D eigenvalue weighted by atomic mass is 14.4. The van der Waals surface area contributed by atoms with E-state index in [2.05, 4.69) is 28.6 Å². The van der Waals surface area contributed by atoms with Gasteiger partial charge in [-0.1, -0.05) is 90.8 Å². The lowest BCUT2D eigenvalue weighted by atomic mass is 9.74. The van der Waals surface area contributed by atoms with E-state index in [1.165, 1.54) is 64.2 Å². The van der Waals surface area contributed by atoms with Gasteiger partial charge in [-0.3, -0.25) is 0 Å². The van der Waals surface area contributed by atoms with Crippen molar-refractivity contribution in [1.29, 1.82) is 0 Å². The second-order valence-corrected chi connectivity index (χ2v) is 6.84. The Kier molecular flexibility index (Phi) is 8.10. The molecule has 0 spiro atoms. The number of unbranched alkanes of at least 4 members (excludes halogenated alkanes) is 5. The Morgan fingerprint density at radius 2 is 1.56 bits per heavy atom. The van der Waals surface area contributed by atoms with E-state index < -0.39 is 0 Å². The van der Waals surface area contributed by atoms with Crippen molar-refractivity contribution in [1.82, 2.24) is 0 Å². The van der Waals surface area contributed by atoms with Crippen molar-refractivity contribution in [2.75, 3.05) is 0 Å². The molecule has 0 aliphatic heterocycles. The van der Waals surface area contributed by atoms with E-state index in [0.29, 0.717) is 0 Å². The molecule has 0 aromatic heterocycles. The summed E-state index contributed by atoms with van der Waals surface area (Å²) in [5, 5.41) is 0. The highest BCUT2D eigenvalue weighted by Crippen LogP contribution is 2.47. The van der Waals surface area contributed by atoms with Crippen LogP contribution in [0.15, 0.2) is 0 Å². The first-order chi connectivity index (χ1) is 8.70. The summed E-state index contributed by atoms with van der Waals surface area (Å²) >= 11 is 0. The third-order valence-electron chi connectivity index (χ3n) is 5.37. The maximum atomic E-state index is 2.53. The van der Waals surface area contributed by atoms with E-state index in [1.807, 2.05) is 0 Å². The van der Waals surface area contributed by atoms with Gasteiger partial charge in [0, 0.05) is 0 Å². The Morgan fingerprint density at radius 3 is 2.22 bits per heavy atom. The molecule has 1 aliphatic rings. The van der Waals surface area contributed by atoms with Crippen molar-refractivity contribution in [2.24, 2.45) is 17.8 Å². The average molecular weight is 250 g/mol. The molecule has 0 heterocycles. The second kappa shape index (κ2) is 9.05. The summed E-state index contributed by atoms with van der Waals surface area (Å²) in [4.78, 5) is 0. The Morgan fingerprint density at radius 1 is 0.889 bits per heavy atom. The maximum absolute atomic E-state index is 2.53. The topological polar surface area (TPSA) is 0 Å². The van der Waals surface area contributed by atoms with Crippen LogP contribution >= 0.6 is 0 Å². The minimum atomic E-state index is 0.993. The Hall–Kier alpha value is 0.0649. The molecule has 0 aromatic rings. The molecule has 0 N–H and O–H groups in total. The minimum absolute atomic E-state index is 0.993. The van der Waals surface area contributed by atoms with E-state index in [9.17, 15) is 0 Å². The average Bonchev–Trinajstić information content (AvgIpc) is 2.61. The molecule has 1 fully saturated rings. The van der Waals surface area contributed by atoms with Gasteiger partial charge in [-0.25, -0.2) is 0 Å². The molecule has 106 valence electrons. The zero-order valence-corrected chi connectivity index (χ0v) is 13.4. The molecule has 0 bridgehead atoms. The molecule has 1 rings (SSSR count).